The molecule has 0 saturated heterocycles. The Kier molecular flexibility index (Phi) is 4.62. The average molecular weight is 288 g/mol. The van der Waals surface area contributed by atoms with E-state index in [4.69, 9.17) is 4.74 Å². The molecule has 0 spiro atoms. The highest BCUT2D eigenvalue weighted by molar-refractivity contribution is 5.90. The van der Waals surface area contributed by atoms with Crippen LogP contribution in [0.4, 0.5) is 4.39 Å². The van der Waals surface area contributed by atoms with E-state index in [0.29, 0.717) is 30.1 Å². The number of ether oxygens (including phenoxy) is 1. The van der Waals surface area contributed by atoms with Crippen molar-refractivity contribution in [2.24, 2.45) is 0 Å². The van der Waals surface area contributed by atoms with Crippen LogP contribution in [0.15, 0.2) is 24.4 Å². The van der Waals surface area contributed by atoms with Crippen LogP contribution >= 0.6 is 0 Å². The monoisotopic (exact) mass is 288 g/mol. The van der Waals surface area contributed by atoms with E-state index in [1.54, 1.807) is 19.9 Å². The van der Waals surface area contributed by atoms with Gasteiger partial charge in [0.2, 0.25) is 0 Å². The second-order valence-electron chi connectivity index (χ2n) is 4.59. The van der Waals surface area contributed by atoms with Crippen molar-refractivity contribution in [3.8, 4) is 11.4 Å². The topological polar surface area (TPSA) is 52.1 Å². The van der Waals surface area contributed by atoms with Crippen molar-refractivity contribution in [2.75, 3.05) is 6.61 Å². The predicted molar refractivity (Wildman–Crippen MR) is 77.5 cm³/mol. The Balaban J connectivity index is 2.45. The third-order valence-corrected chi connectivity index (χ3v) is 3.13. The summed E-state index contributed by atoms with van der Waals surface area (Å²) in [5.41, 5.74) is 2.51. The molecule has 0 amide bonds. The fourth-order valence-electron chi connectivity index (χ4n) is 2.07. The van der Waals surface area contributed by atoms with Crippen LogP contribution in [0.3, 0.4) is 0 Å². The lowest BCUT2D eigenvalue weighted by atomic mass is 10.1. The number of hydrogen-bond donors (Lipinski definition) is 0. The number of aromatic nitrogens is 2. The van der Waals surface area contributed by atoms with Gasteiger partial charge in [-0.25, -0.2) is 19.2 Å². The zero-order chi connectivity index (χ0) is 15.4. The summed E-state index contributed by atoms with van der Waals surface area (Å²) in [6, 6.07) is 4.45. The SMILES string of the molecule is CCOC(=O)c1cnc(-c2ccc(F)cc2C)nc1CC. The molecule has 2 aromatic rings. The summed E-state index contributed by atoms with van der Waals surface area (Å²) in [6.45, 7) is 5.76. The van der Waals surface area contributed by atoms with E-state index < -0.39 is 5.97 Å². The highest BCUT2D eigenvalue weighted by Gasteiger charge is 2.16. The number of nitrogens with zero attached hydrogens (tertiary/aromatic N) is 2. The minimum atomic E-state index is -0.420. The molecule has 1 aromatic carbocycles. The fourth-order valence-corrected chi connectivity index (χ4v) is 2.07. The highest BCUT2D eigenvalue weighted by atomic mass is 19.1. The number of esters is 1. The van der Waals surface area contributed by atoms with Gasteiger partial charge >= 0.3 is 5.97 Å². The molecule has 21 heavy (non-hydrogen) atoms. The minimum absolute atomic E-state index is 0.296. The van der Waals surface area contributed by atoms with Gasteiger partial charge in [-0.3, -0.25) is 0 Å². The van der Waals surface area contributed by atoms with Gasteiger partial charge in [0.1, 0.15) is 5.82 Å². The van der Waals surface area contributed by atoms with Crippen LogP contribution in [0.5, 0.6) is 0 Å². The Morgan fingerprint density at radius 1 is 1.33 bits per heavy atom. The molecule has 110 valence electrons. The lowest BCUT2D eigenvalue weighted by molar-refractivity contribution is 0.0524. The molecule has 0 fully saturated rings. The van der Waals surface area contributed by atoms with Crippen molar-refractivity contribution in [3.05, 3.63) is 47.0 Å². The Morgan fingerprint density at radius 2 is 2.10 bits per heavy atom. The molecule has 0 aliphatic rings. The molecule has 0 aliphatic heterocycles. The van der Waals surface area contributed by atoms with Gasteiger partial charge < -0.3 is 4.74 Å². The van der Waals surface area contributed by atoms with Crippen molar-refractivity contribution in [1.82, 2.24) is 9.97 Å². The molecule has 2 rings (SSSR count). The maximum absolute atomic E-state index is 13.2. The predicted octanol–water partition coefficient (Wildman–Crippen LogP) is 3.33. The number of benzene rings is 1. The van der Waals surface area contributed by atoms with Crippen molar-refractivity contribution in [2.45, 2.75) is 27.2 Å². The Morgan fingerprint density at radius 3 is 2.71 bits per heavy atom. The molecule has 5 heteroatoms. The first-order valence-electron chi connectivity index (χ1n) is 6.86. The first kappa shape index (κ1) is 15.1. The zero-order valence-electron chi connectivity index (χ0n) is 12.3. The van der Waals surface area contributed by atoms with Crippen molar-refractivity contribution in [1.29, 1.82) is 0 Å². The maximum Gasteiger partial charge on any atom is 0.341 e. The summed E-state index contributed by atoms with van der Waals surface area (Å²) in [4.78, 5) is 20.5. The lowest BCUT2D eigenvalue weighted by Crippen LogP contribution is -2.11. The van der Waals surface area contributed by atoms with Crippen molar-refractivity contribution >= 4 is 5.97 Å². The highest BCUT2D eigenvalue weighted by Crippen LogP contribution is 2.22. The second-order valence-corrected chi connectivity index (χ2v) is 4.59. The molecule has 1 heterocycles. The molecule has 0 radical (unpaired) electrons. The molecular formula is C16H17FN2O2. The number of halogens is 1. The maximum atomic E-state index is 13.2. The standard InChI is InChI=1S/C16H17FN2O2/c1-4-14-13(16(20)21-5-2)9-18-15(19-14)12-7-6-11(17)8-10(12)3/h6-9H,4-5H2,1-3H3. The molecule has 0 bridgehead atoms. The van der Waals surface area contributed by atoms with Gasteiger partial charge in [-0.15, -0.1) is 0 Å². The smallest absolute Gasteiger partial charge is 0.341 e. The van der Waals surface area contributed by atoms with E-state index in [1.807, 2.05) is 6.92 Å². The number of hydrogen-bond acceptors (Lipinski definition) is 4. The van der Waals surface area contributed by atoms with Crippen molar-refractivity contribution in [3.63, 3.8) is 0 Å². The average Bonchev–Trinajstić information content (AvgIpc) is 2.47. The van der Waals surface area contributed by atoms with Gasteiger partial charge in [-0.05, 0) is 44.0 Å². The molecule has 1 aromatic heterocycles. The van der Waals surface area contributed by atoms with Gasteiger partial charge in [0.25, 0.3) is 0 Å². The summed E-state index contributed by atoms with van der Waals surface area (Å²) in [6.07, 6.45) is 2.06. The fraction of sp³-hybridized carbons (Fsp3) is 0.312. The molecule has 0 N–H and O–H groups in total. The molecule has 0 unspecified atom stereocenters. The molecular weight excluding hydrogens is 271 g/mol. The summed E-state index contributed by atoms with van der Waals surface area (Å²) < 4.78 is 18.1. The van der Waals surface area contributed by atoms with E-state index in [0.717, 1.165) is 11.1 Å². The number of aryl methyl sites for hydroxylation is 2. The van der Waals surface area contributed by atoms with Crippen LogP contribution < -0.4 is 0 Å². The van der Waals surface area contributed by atoms with E-state index in [1.165, 1.54) is 18.3 Å². The minimum Gasteiger partial charge on any atom is -0.462 e. The second kappa shape index (κ2) is 6.43. The summed E-state index contributed by atoms with van der Waals surface area (Å²) in [7, 11) is 0. The lowest BCUT2D eigenvalue weighted by Gasteiger charge is -2.09. The van der Waals surface area contributed by atoms with E-state index in [9.17, 15) is 9.18 Å². The Bertz CT molecular complexity index is 671. The van der Waals surface area contributed by atoms with Gasteiger partial charge in [-0.2, -0.15) is 0 Å². The molecule has 0 aliphatic carbocycles. The summed E-state index contributed by atoms with van der Waals surface area (Å²) >= 11 is 0. The van der Waals surface area contributed by atoms with Crippen LogP contribution in [0.1, 0.15) is 35.5 Å². The van der Waals surface area contributed by atoms with Gasteiger partial charge in [0.15, 0.2) is 5.82 Å². The van der Waals surface area contributed by atoms with Crippen LogP contribution in [-0.2, 0) is 11.2 Å². The normalized spacial score (nSPS) is 10.5. The largest absolute Gasteiger partial charge is 0.462 e. The van der Waals surface area contributed by atoms with Crippen molar-refractivity contribution < 1.29 is 13.9 Å². The van der Waals surface area contributed by atoms with E-state index in [-0.39, 0.29) is 5.82 Å². The number of rotatable bonds is 4. The third-order valence-electron chi connectivity index (χ3n) is 3.13. The van der Waals surface area contributed by atoms with Gasteiger partial charge in [0.05, 0.1) is 17.9 Å². The third kappa shape index (κ3) is 3.24. The van der Waals surface area contributed by atoms with Crippen LogP contribution in [0, 0.1) is 12.7 Å². The summed E-state index contributed by atoms with van der Waals surface area (Å²) in [5, 5.41) is 0. The quantitative estimate of drug-likeness (QED) is 0.810. The zero-order valence-corrected chi connectivity index (χ0v) is 12.3. The number of carbonyl (C=O) groups excluding carboxylic acids is 1. The number of carbonyl (C=O) groups is 1. The van der Waals surface area contributed by atoms with E-state index >= 15 is 0 Å². The van der Waals surface area contributed by atoms with Crippen LogP contribution in [0.25, 0.3) is 11.4 Å². The Hall–Kier alpha value is -2.30. The van der Waals surface area contributed by atoms with Gasteiger partial charge in [-0.1, -0.05) is 6.92 Å². The molecule has 0 saturated carbocycles. The van der Waals surface area contributed by atoms with Crippen LogP contribution in [-0.4, -0.2) is 22.5 Å². The van der Waals surface area contributed by atoms with E-state index in [2.05, 4.69) is 9.97 Å². The first-order valence-corrected chi connectivity index (χ1v) is 6.86. The first-order chi connectivity index (χ1) is 10.1. The Labute approximate surface area is 123 Å². The van der Waals surface area contributed by atoms with Crippen LogP contribution in [0.2, 0.25) is 0 Å². The van der Waals surface area contributed by atoms with Gasteiger partial charge in [0, 0.05) is 11.8 Å². The summed E-state index contributed by atoms with van der Waals surface area (Å²) in [5.74, 6) is -0.232. The molecule has 0 atom stereocenters. The molecule has 4 nitrogen and oxygen atoms in total.